The smallest absolute Gasteiger partial charge is 0.263 e. The van der Waals surface area contributed by atoms with Gasteiger partial charge in [0.25, 0.3) is 5.79 Å². The summed E-state index contributed by atoms with van der Waals surface area (Å²) >= 11 is 0. The van der Waals surface area contributed by atoms with Gasteiger partial charge in [0.1, 0.15) is 30.7 Å². The van der Waals surface area contributed by atoms with E-state index in [-0.39, 0.29) is 0 Å². The molecule has 0 amide bonds. The second kappa shape index (κ2) is 5.32. The molecule has 1 fully saturated rings. The molecule has 1 saturated heterocycles. The largest absolute Gasteiger partial charge is 0.457 e. The zero-order chi connectivity index (χ0) is 14.0. The summed E-state index contributed by atoms with van der Waals surface area (Å²) in [6, 6.07) is 6.26. The molecule has 0 saturated carbocycles. The number of aliphatic hydroxyl groups excluding tert-OH is 4. The third kappa shape index (κ3) is 2.51. The van der Waals surface area contributed by atoms with Gasteiger partial charge in [-0.3, -0.25) is 0 Å². The maximum atomic E-state index is 9.93. The maximum absolute atomic E-state index is 9.93. The van der Waals surface area contributed by atoms with Crippen molar-refractivity contribution in [2.24, 2.45) is 0 Å². The Kier molecular flexibility index (Phi) is 3.93. The van der Waals surface area contributed by atoms with E-state index in [9.17, 15) is 15.3 Å². The van der Waals surface area contributed by atoms with Crippen LogP contribution in [0.4, 0.5) is 5.69 Å². The summed E-state index contributed by atoms with van der Waals surface area (Å²) in [4.78, 5) is 0. The molecule has 1 aliphatic heterocycles. The van der Waals surface area contributed by atoms with Crippen molar-refractivity contribution in [3.05, 3.63) is 24.3 Å². The van der Waals surface area contributed by atoms with Crippen LogP contribution >= 0.6 is 0 Å². The molecule has 0 spiro atoms. The molecule has 0 aromatic heterocycles. The highest BCUT2D eigenvalue weighted by atomic mass is 16.7. The van der Waals surface area contributed by atoms with E-state index in [0.29, 0.717) is 11.4 Å². The van der Waals surface area contributed by atoms with Crippen LogP contribution in [-0.4, -0.2) is 57.7 Å². The Morgan fingerprint density at radius 3 is 2.32 bits per heavy atom. The molecular formula is C12H17NO6. The molecule has 19 heavy (non-hydrogen) atoms. The van der Waals surface area contributed by atoms with E-state index in [1.54, 1.807) is 24.3 Å². The zero-order valence-electron chi connectivity index (χ0n) is 10.1. The van der Waals surface area contributed by atoms with E-state index in [2.05, 4.69) is 0 Å². The Labute approximate surface area is 109 Å². The lowest BCUT2D eigenvalue weighted by atomic mass is 10.1. The summed E-state index contributed by atoms with van der Waals surface area (Å²) < 4.78 is 10.7. The first kappa shape index (κ1) is 14.0. The van der Waals surface area contributed by atoms with Crippen molar-refractivity contribution >= 4 is 5.69 Å². The van der Waals surface area contributed by atoms with Crippen LogP contribution in [0.25, 0.3) is 0 Å². The van der Waals surface area contributed by atoms with Gasteiger partial charge in [-0.2, -0.15) is 0 Å². The number of rotatable bonds is 4. The summed E-state index contributed by atoms with van der Waals surface area (Å²) in [5.74, 6) is -1.49. The summed E-state index contributed by atoms with van der Waals surface area (Å²) in [6.45, 7) is -1.17. The number of anilines is 1. The van der Waals surface area contributed by atoms with Gasteiger partial charge in [-0.25, -0.2) is 0 Å². The van der Waals surface area contributed by atoms with E-state index in [1.807, 2.05) is 0 Å². The van der Waals surface area contributed by atoms with Crippen LogP contribution in [0.2, 0.25) is 0 Å². The Morgan fingerprint density at radius 2 is 1.84 bits per heavy atom. The molecule has 0 radical (unpaired) electrons. The van der Waals surface area contributed by atoms with Crippen LogP contribution < -0.4 is 10.5 Å². The molecule has 1 heterocycles. The topological polar surface area (TPSA) is 125 Å². The third-order valence-corrected chi connectivity index (χ3v) is 3.08. The average molecular weight is 271 g/mol. The van der Waals surface area contributed by atoms with E-state index >= 15 is 0 Å². The number of nitrogen functional groups attached to an aromatic ring is 1. The van der Waals surface area contributed by atoms with Crippen LogP contribution in [-0.2, 0) is 4.74 Å². The number of ether oxygens (including phenoxy) is 2. The molecule has 0 aliphatic carbocycles. The molecular weight excluding hydrogens is 254 g/mol. The normalized spacial score (nSPS) is 34.4. The van der Waals surface area contributed by atoms with Crippen molar-refractivity contribution in [3.63, 3.8) is 0 Å². The molecule has 1 aromatic rings. The summed E-state index contributed by atoms with van der Waals surface area (Å²) in [7, 11) is 0. The van der Waals surface area contributed by atoms with Gasteiger partial charge in [-0.05, 0) is 24.3 Å². The SMILES string of the molecule is Nc1ccc(O[C@@]2(CO)O[C@H](CO)[C@@H](O)[C@@H]2O)cc1. The van der Waals surface area contributed by atoms with Crippen LogP contribution in [0.5, 0.6) is 5.75 Å². The molecule has 6 N–H and O–H groups in total. The minimum Gasteiger partial charge on any atom is -0.457 e. The predicted molar refractivity (Wildman–Crippen MR) is 65.3 cm³/mol. The highest BCUT2D eigenvalue weighted by molar-refractivity contribution is 5.41. The second-order valence-electron chi connectivity index (χ2n) is 4.42. The van der Waals surface area contributed by atoms with Crippen molar-refractivity contribution in [1.29, 1.82) is 0 Å². The molecule has 4 atom stereocenters. The first-order chi connectivity index (χ1) is 9.02. The average Bonchev–Trinajstić information content (AvgIpc) is 2.67. The van der Waals surface area contributed by atoms with Gasteiger partial charge >= 0.3 is 0 Å². The molecule has 106 valence electrons. The third-order valence-electron chi connectivity index (χ3n) is 3.08. The first-order valence-corrected chi connectivity index (χ1v) is 5.82. The van der Waals surface area contributed by atoms with Gasteiger partial charge in [-0.15, -0.1) is 0 Å². The predicted octanol–water partition coefficient (Wildman–Crippen LogP) is -1.55. The van der Waals surface area contributed by atoms with Crippen LogP contribution in [0, 0.1) is 0 Å². The van der Waals surface area contributed by atoms with Crippen molar-refractivity contribution in [1.82, 2.24) is 0 Å². The number of aliphatic hydroxyl groups is 4. The quantitative estimate of drug-likeness (QED) is 0.420. The summed E-state index contributed by atoms with van der Waals surface area (Å²) in [6.07, 6.45) is -3.84. The fourth-order valence-electron chi connectivity index (χ4n) is 1.99. The zero-order valence-corrected chi connectivity index (χ0v) is 10.1. The standard InChI is InChI=1S/C12H17NO6/c13-7-1-3-8(4-2-7)18-12(6-15)11(17)10(16)9(5-14)19-12/h1-4,9-11,14-17H,5-6,13H2/t9-,10-,11+,12+/m1/s1. The number of nitrogens with two attached hydrogens (primary N) is 1. The highest BCUT2D eigenvalue weighted by Crippen LogP contribution is 2.33. The van der Waals surface area contributed by atoms with E-state index in [1.165, 1.54) is 0 Å². The Balaban J connectivity index is 2.21. The van der Waals surface area contributed by atoms with Crippen LogP contribution in [0.3, 0.4) is 0 Å². The molecule has 0 unspecified atom stereocenters. The van der Waals surface area contributed by atoms with Crippen molar-refractivity contribution in [3.8, 4) is 5.75 Å². The van der Waals surface area contributed by atoms with E-state index < -0.39 is 37.3 Å². The Hall–Kier alpha value is -1.38. The highest BCUT2D eigenvalue weighted by Gasteiger charge is 2.56. The van der Waals surface area contributed by atoms with Crippen molar-refractivity contribution in [2.75, 3.05) is 18.9 Å². The fourth-order valence-corrected chi connectivity index (χ4v) is 1.99. The lowest BCUT2D eigenvalue weighted by Crippen LogP contribution is -2.51. The van der Waals surface area contributed by atoms with Gasteiger partial charge in [0.15, 0.2) is 0 Å². The molecule has 1 aromatic carbocycles. The van der Waals surface area contributed by atoms with Crippen molar-refractivity contribution < 1.29 is 29.9 Å². The van der Waals surface area contributed by atoms with Crippen LogP contribution in [0.15, 0.2) is 24.3 Å². The fraction of sp³-hybridized carbons (Fsp3) is 0.500. The molecule has 7 heteroatoms. The monoisotopic (exact) mass is 271 g/mol. The minimum atomic E-state index is -1.80. The van der Waals surface area contributed by atoms with Gasteiger partial charge < -0.3 is 35.6 Å². The Morgan fingerprint density at radius 1 is 1.21 bits per heavy atom. The molecule has 0 bridgehead atoms. The van der Waals surface area contributed by atoms with E-state index in [0.717, 1.165) is 0 Å². The summed E-state index contributed by atoms with van der Waals surface area (Å²) in [5, 5.41) is 38.1. The minimum absolute atomic E-state index is 0.313. The van der Waals surface area contributed by atoms with E-state index in [4.69, 9.17) is 20.3 Å². The number of hydrogen-bond donors (Lipinski definition) is 5. The van der Waals surface area contributed by atoms with Gasteiger partial charge in [0.2, 0.25) is 0 Å². The van der Waals surface area contributed by atoms with Crippen LogP contribution in [0.1, 0.15) is 0 Å². The number of hydrogen-bond acceptors (Lipinski definition) is 7. The molecule has 7 nitrogen and oxygen atoms in total. The molecule has 2 rings (SSSR count). The lowest BCUT2D eigenvalue weighted by molar-refractivity contribution is -0.230. The first-order valence-electron chi connectivity index (χ1n) is 5.82. The number of benzene rings is 1. The van der Waals surface area contributed by atoms with Crippen molar-refractivity contribution in [2.45, 2.75) is 24.1 Å². The Bertz CT molecular complexity index is 425. The molecule has 1 aliphatic rings. The summed E-state index contributed by atoms with van der Waals surface area (Å²) in [5.41, 5.74) is 6.07. The maximum Gasteiger partial charge on any atom is 0.263 e. The lowest BCUT2D eigenvalue weighted by Gasteiger charge is -2.30. The van der Waals surface area contributed by atoms with Gasteiger partial charge in [-0.1, -0.05) is 0 Å². The van der Waals surface area contributed by atoms with Gasteiger partial charge in [0, 0.05) is 5.69 Å². The van der Waals surface area contributed by atoms with Gasteiger partial charge in [0.05, 0.1) is 6.61 Å². The second-order valence-corrected chi connectivity index (χ2v) is 4.42.